The van der Waals surface area contributed by atoms with Crippen LogP contribution in [0.3, 0.4) is 0 Å². The topological polar surface area (TPSA) is 62.6 Å². The van der Waals surface area contributed by atoms with Crippen molar-refractivity contribution >= 4 is 11.8 Å². The third-order valence-electron chi connectivity index (χ3n) is 4.98. The van der Waals surface area contributed by atoms with Gasteiger partial charge in [0.05, 0.1) is 13.1 Å². The van der Waals surface area contributed by atoms with E-state index >= 15 is 0 Å². The maximum atomic E-state index is 12.8. The van der Waals surface area contributed by atoms with Crippen molar-refractivity contribution in [3.8, 4) is 0 Å². The normalized spacial score (nSPS) is 11.7. The summed E-state index contributed by atoms with van der Waals surface area (Å²) in [7, 11) is 3.61. The number of benzene rings is 3. The molecule has 0 heterocycles. The first-order chi connectivity index (χ1) is 14.6. The Morgan fingerprint density at radius 1 is 0.833 bits per heavy atom. The van der Waals surface area contributed by atoms with Crippen molar-refractivity contribution in [1.29, 1.82) is 0 Å². The maximum absolute atomic E-state index is 12.8. The molecule has 0 spiro atoms. The average molecular weight is 403 g/mol. The van der Waals surface area contributed by atoms with E-state index in [1.807, 2.05) is 92.0 Å². The summed E-state index contributed by atoms with van der Waals surface area (Å²) in [5, 5.41) is 5.80. The van der Waals surface area contributed by atoms with Crippen molar-refractivity contribution in [2.75, 3.05) is 20.6 Å². The van der Waals surface area contributed by atoms with E-state index in [1.54, 1.807) is 7.05 Å². The predicted molar refractivity (Wildman–Crippen MR) is 118 cm³/mol. The second-order valence-corrected chi connectivity index (χ2v) is 7.41. The van der Waals surface area contributed by atoms with Crippen LogP contribution in [0.4, 0.5) is 0 Å². The Kier molecular flexibility index (Phi) is 7.35. The standard InChI is InChI=1S/C25H27N3O2/c1-26-25(30)22-15-13-19(14-16-22)17-28(2)18-23(29)27-24(20-9-5-3-6-10-20)21-11-7-4-8-12-21/h3-16,24H,17-18H2,1-2H3,(H,26,30)(H,27,29)/p+1. The van der Waals surface area contributed by atoms with Crippen molar-refractivity contribution in [2.45, 2.75) is 12.6 Å². The van der Waals surface area contributed by atoms with Gasteiger partial charge in [-0.2, -0.15) is 0 Å². The van der Waals surface area contributed by atoms with Gasteiger partial charge in [0, 0.05) is 18.2 Å². The molecule has 2 amide bonds. The van der Waals surface area contributed by atoms with Gasteiger partial charge >= 0.3 is 0 Å². The van der Waals surface area contributed by atoms with Gasteiger partial charge in [-0.15, -0.1) is 0 Å². The summed E-state index contributed by atoms with van der Waals surface area (Å²) in [6, 6.07) is 27.3. The molecule has 5 heteroatoms. The highest BCUT2D eigenvalue weighted by Crippen LogP contribution is 2.21. The number of carbonyl (C=O) groups is 2. The fourth-order valence-electron chi connectivity index (χ4n) is 3.47. The third kappa shape index (κ3) is 5.78. The molecule has 0 aliphatic carbocycles. The van der Waals surface area contributed by atoms with E-state index in [9.17, 15) is 9.59 Å². The number of amides is 2. The first kappa shape index (κ1) is 21.3. The van der Waals surface area contributed by atoms with Crippen LogP contribution < -0.4 is 15.5 Å². The molecule has 3 aromatic carbocycles. The molecule has 0 saturated carbocycles. The second-order valence-electron chi connectivity index (χ2n) is 7.41. The summed E-state index contributed by atoms with van der Waals surface area (Å²) in [5.74, 6) is -0.110. The van der Waals surface area contributed by atoms with Crippen molar-refractivity contribution in [3.05, 3.63) is 107 Å². The predicted octanol–water partition coefficient (Wildman–Crippen LogP) is 1.97. The van der Waals surface area contributed by atoms with Crippen LogP contribution in [-0.4, -0.2) is 32.5 Å². The van der Waals surface area contributed by atoms with Gasteiger partial charge in [0.2, 0.25) is 0 Å². The lowest BCUT2D eigenvalue weighted by atomic mass is 9.99. The fourth-order valence-corrected chi connectivity index (χ4v) is 3.47. The van der Waals surface area contributed by atoms with Crippen LogP contribution in [0.5, 0.6) is 0 Å². The summed E-state index contributed by atoms with van der Waals surface area (Å²) >= 11 is 0. The minimum atomic E-state index is -0.181. The lowest BCUT2D eigenvalue weighted by Crippen LogP contribution is -3.08. The lowest BCUT2D eigenvalue weighted by molar-refractivity contribution is -0.885. The van der Waals surface area contributed by atoms with E-state index in [-0.39, 0.29) is 17.9 Å². The third-order valence-corrected chi connectivity index (χ3v) is 4.98. The summed E-state index contributed by atoms with van der Waals surface area (Å²) in [6.07, 6.45) is 0. The lowest BCUT2D eigenvalue weighted by Gasteiger charge is -2.21. The minimum absolute atomic E-state index is 0.00723. The second kappa shape index (κ2) is 10.4. The highest BCUT2D eigenvalue weighted by molar-refractivity contribution is 5.93. The van der Waals surface area contributed by atoms with Gasteiger partial charge in [0.25, 0.3) is 11.8 Å². The Balaban J connectivity index is 1.63. The molecule has 3 rings (SSSR count). The van der Waals surface area contributed by atoms with Crippen LogP contribution in [0.2, 0.25) is 0 Å². The molecule has 1 unspecified atom stereocenters. The van der Waals surface area contributed by atoms with Gasteiger partial charge in [0.15, 0.2) is 6.54 Å². The Morgan fingerprint density at radius 3 is 1.87 bits per heavy atom. The van der Waals surface area contributed by atoms with Crippen LogP contribution in [0.15, 0.2) is 84.9 Å². The van der Waals surface area contributed by atoms with E-state index < -0.39 is 0 Å². The number of quaternary nitrogens is 1. The zero-order valence-corrected chi connectivity index (χ0v) is 17.4. The van der Waals surface area contributed by atoms with Crippen molar-refractivity contribution in [3.63, 3.8) is 0 Å². The number of likely N-dealkylation sites (N-methyl/N-ethyl adjacent to an activating group) is 1. The largest absolute Gasteiger partial charge is 0.355 e. The summed E-state index contributed by atoms with van der Waals surface area (Å²) in [6.45, 7) is 1.05. The van der Waals surface area contributed by atoms with Crippen LogP contribution in [0, 0.1) is 0 Å². The summed E-state index contributed by atoms with van der Waals surface area (Å²) in [4.78, 5) is 25.5. The van der Waals surface area contributed by atoms with E-state index in [4.69, 9.17) is 0 Å². The van der Waals surface area contributed by atoms with E-state index in [0.717, 1.165) is 21.6 Å². The van der Waals surface area contributed by atoms with Crippen LogP contribution in [0.1, 0.15) is 33.1 Å². The Morgan fingerprint density at radius 2 is 1.37 bits per heavy atom. The molecule has 0 aliphatic heterocycles. The van der Waals surface area contributed by atoms with Gasteiger partial charge < -0.3 is 15.5 Å². The number of carbonyl (C=O) groups excluding carboxylic acids is 2. The molecule has 3 aromatic rings. The zero-order valence-electron chi connectivity index (χ0n) is 17.4. The number of hydrogen-bond acceptors (Lipinski definition) is 2. The first-order valence-corrected chi connectivity index (χ1v) is 10.1. The first-order valence-electron chi connectivity index (χ1n) is 10.1. The zero-order chi connectivity index (χ0) is 21.3. The molecule has 3 N–H and O–H groups in total. The number of nitrogens with one attached hydrogen (secondary N) is 3. The van der Waals surface area contributed by atoms with Crippen LogP contribution in [-0.2, 0) is 11.3 Å². The van der Waals surface area contributed by atoms with E-state index in [2.05, 4.69) is 10.6 Å². The number of rotatable bonds is 8. The van der Waals surface area contributed by atoms with Gasteiger partial charge in [-0.25, -0.2) is 0 Å². The summed E-state index contributed by atoms with van der Waals surface area (Å²) in [5.41, 5.74) is 3.82. The minimum Gasteiger partial charge on any atom is -0.355 e. The van der Waals surface area contributed by atoms with Gasteiger partial charge in [-0.05, 0) is 23.3 Å². The van der Waals surface area contributed by atoms with Crippen molar-refractivity contribution in [2.24, 2.45) is 0 Å². The molecule has 0 saturated heterocycles. The van der Waals surface area contributed by atoms with Crippen LogP contribution >= 0.6 is 0 Å². The Labute approximate surface area is 177 Å². The molecule has 154 valence electrons. The molecule has 0 aromatic heterocycles. The van der Waals surface area contributed by atoms with Gasteiger partial charge in [-0.3, -0.25) is 9.59 Å². The van der Waals surface area contributed by atoms with Gasteiger partial charge in [-0.1, -0.05) is 72.8 Å². The number of hydrogen-bond donors (Lipinski definition) is 3. The smallest absolute Gasteiger partial charge is 0.275 e. The van der Waals surface area contributed by atoms with Crippen LogP contribution in [0.25, 0.3) is 0 Å². The Bertz CT molecular complexity index is 917. The monoisotopic (exact) mass is 402 g/mol. The Hall–Kier alpha value is -3.44. The maximum Gasteiger partial charge on any atom is 0.275 e. The molecule has 0 bridgehead atoms. The van der Waals surface area contributed by atoms with Gasteiger partial charge in [0.1, 0.15) is 6.54 Å². The highest BCUT2D eigenvalue weighted by Gasteiger charge is 2.19. The molecule has 0 fully saturated rings. The fraction of sp³-hybridized carbons (Fsp3) is 0.200. The molecule has 1 atom stereocenters. The molecule has 5 nitrogen and oxygen atoms in total. The molecule has 0 aliphatic rings. The molecular weight excluding hydrogens is 374 g/mol. The molecule has 30 heavy (non-hydrogen) atoms. The summed E-state index contributed by atoms with van der Waals surface area (Å²) < 4.78 is 0. The average Bonchev–Trinajstić information content (AvgIpc) is 2.78. The SMILES string of the molecule is CNC(=O)c1ccc(C[NH+](C)CC(=O)NC(c2ccccc2)c2ccccc2)cc1. The van der Waals surface area contributed by atoms with E-state index in [1.165, 1.54) is 0 Å². The quantitative estimate of drug-likeness (QED) is 0.540. The van der Waals surface area contributed by atoms with Crippen molar-refractivity contribution in [1.82, 2.24) is 10.6 Å². The van der Waals surface area contributed by atoms with Crippen molar-refractivity contribution < 1.29 is 14.5 Å². The molecule has 0 radical (unpaired) electrons. The highest BCUT2D eigenvalue weighted by atomic mass is 16.2. The van der Waals surface area contributed by atoms with E-state index in [0.29, 0.717) is 18.7 Å². The molecular formula is C25H28N3O2+.